The van der Waals surface area contributed by atoms with Gasteiger partial charge in [0.25, 0.3) is 0 Å². The molecule has 0 aliphatic carbocycles. The zero-order valence-corrected chi connectivity index (χ0v) is 16.4. The Morgan fingerprint density at radius 1 is 1.14 bits per heavy atom. The van der Waals surface area contributed by atoms with Gasteiger partial charge < -0.3 is 14.8 Å². The Morgan fingerprint density at radius 2 is 1.93 bits per heavy atom. The number of benzene rings is 2. The van der Waals surface area contributed by atoms with Gasteiger partial charge in [0.1, 0.15) is 5.82 Å². The Balaban J connectivity index is 1.34. The van der Waals surface area contributed by atoms with Gasteiger partial charge in [-0.25, -0.2) is 9.37 Å². The Hall–Kier alpha value is -2.58. The second kappa shape index (κ2) is 8.62. The summed E-state index contributed by atoms with van der Waals surface area (Å²) in [4.78, 5) is 17.6. The van der Waals surface area contributed by atoms with Crippen molar-refractivity contribution in [3.8, 4) is 22.8 Å². The average Bonchev–Trinajstić information content (AvgIpc) is 3.03. The smallest absolute Gasteiger partial charge is 0.236 e. The number of rotatable bonds is 5. The number of fused-ring (bicyclic) bond motifs is 1. The molecule has 5 nitrogen and oxygen atoms in total. The SMILES string of the molecule is O=C(CSc1ccc2c(c1)OCCCO2)Nc1nc(-c2ccc(F)cc2)cs1. The van der Waals surface area contributed by atoms with E-state index in [1.54, 1.807) is 12.1 Å². The molecule has 0 radical (unpaired) electrons. The van der Waals surface area contributed by atoms with Gasteiger partial charge in [-0.15, -0.1) is 23.1 Å². The summed E-state index contributed by atoms with van der Waals surface area (Å²) < 4.78 is 24.3. The van der Waals surface area contributed by atoms with Crippen LogP contribution in [0.25, 0.3) is 11.3 Å². The van der Waals surface area contributed by atoms with Crippen molar-refractivity contribution in [2.45, 2.75) is 11.3 Å². The second-order valence-corrected chi connectivity index (χ2v) is 7.95. The van der Waals surface area contributed by atoms with Gasteiger partial charge in [0, 0.05) is 22.3 Å². The van der Waals surface area contributed by atoms with Crippen molar-refractivity contribution >= 4 is 34.1 Å². The maximum Gasteiger partial charge on any atom is 0.236 e. The van der Waals surface area contributed by atoms with Gasteiger partial charge in [0.2, 0.25) is 5.91 Å². The van der Waals surface area contributed by atoms with Crippen LogP contribution in [0.2, 0.25) is 0 Å². The fourth-order valence-corrected chi connectivity index (χ4v) is 4.08. The van der Waals surface area contributed by atoms with Crippen LogP contribution in [0.4, 0.5) is 9.52 Å². The molecule has 0 saturated heterocycles. The summed E-state index contributed by atoms with van der Waals surface area (Å²) in [5.74, 6) is 1.27. The van der Waals surface area contributed by atoms with E-state index in [4.69, 9.17) is 9.47 Å². The summed E-state index contributed by atoms with van der Waals surface area (Å²) in [6.45, 7) is 1.28. The molecule has 1 aliphatic rings. The summed E-state index contributed by atoms with van der Waals surface area (Å²) in [6, 6.07) is 11.8. The first-order valence-electron chi connectivity index (χ1n) is 8.71. The van der Waals surface area contributed by atoms with Crippen LogP contribution in [-0.4, -0.2) is 29.9 Å². The Labute approximate surface area is 169 Å². The van der Waals surface area contributed by atoms with E-state index < -0.39 is 0 Å². The van der Waals surface area contributed by atoms with Crippen molar-refractivity contribution in [1.29, 1.82) is 0 Å². The number of nitrogens with zero attached hydrogens (tertiary/aromatic N) is 1. The average molecular weight is 416 g/mol. The second-order valence-electron chi connectivity index (χ2n) is 6.04. The highest BCUT2D eigenvalue weighted by Gasteiger charge is 2.13. The van der Waals surface area contributed by atoms with Gasteiger partial charge in [-0.3, -0.25) is 4.79 Å². The number of hydrogen-bond acceptors (Lipinski definition) is 6. The first-order chi connectivity index (χ1) is 13.7. The molecule has 4 rings (SSSR count). The van der Waals surface area contributed by atoms with Crippen LogP contribution >= 0.6 is 23.1 Å². The van der Waals surface area contributed by atoms with Crippen LogP contribution in [0.3, 0.4) is 0 Å². The zero-order valence-electron chi connectivity index (χ0n) is 14.8. The summed E-state index contributed by atoms with van der Waals surface area (Å²) in [7, 11) is 0. The first-order valence-corrected chi connectivity index (χ1v) is 10.6. The van der Waals surface area contributed by atoms with Gasteiger partial charge >= 0.3 is 0 Å². The van der Waals surface area contributed by atoms with Gasteiger partial charge in [-0.05, 0) is 42.5 Å². The Morgan fingerprint density at radius 3 is 2.75 bits per heavy atom. The molecule has 28 heavy (non-hydrogen) atoms. The maximum atomic E-state index is 13.0. The zero-order chi connectivity index (χ0) is 19.3. The number of carbonyl (C=O) groups excluding carboxylic acids is 1. The molecule has 0 bridgehead atoms. The number of nitrogens with one attached hydrogen (secondary N) is 1. The lowest BCUT2D eigenvalue weighted by molar-refractivity contribution is -0.113. The number of hydrogen-bond donors (Lipinski definition) is 1. The molecule has 0 atom stereocenters. The van der Waals surface area contributed by atoms with E-state index in [1.807, 2.05) is 23.6 Å². The molecule has 8 heteroatoms. The minimum atomic E-state index is -0.292. The normalized spacial score (nSPS) is 13.0. The van der Waals surface area contributed by atoms with Gasteiger partial charge in [-0.2, -0.15) is 0 Å². The van der Waals surface area contributed by atoms with Crippen LogP contribution in [0.15, 0.2) is 52.7 Å². The largest absolute Gasteiger partial charge is 0.490 e. The number of thioether (sulfide) groups is 1. The van der Waals surface area contributed by atoms with E-state index >= 15 is 0 Å². The molecule has 1 amide bonds. The first kappa shape index (κ1) is 18.8. The Bertz CT molecular complexity index is 976. The van der Waals surface area contributed by atoms with Crippen LogP contribution in [-0.2, 0) is 4.79 Å². The molecule has 2 aromatic carbocycles. The Kier molecular flexibility index (Phi) is 5.78. The van der Waals surface area contributed by atoms with Gasteiger partial charge in [0.15, 0.2) is 16.6 Å². The highest BCUT2D eigenvalue weighted by atomic mass is 32.2. The molecule has 0 spiro atoms. The lowest BCUT2D eigenvalue weighted by Crippen LogP contribution is -2.13. The van der Waals surface area contributed by atoms with Crippen molar-refractivity contribution < 1.29 is 18.7 Å². The monoisotopic (exact) mass is 416 g/mol. The summed E-state index contributed by atoms with van der Waals surface area (Å²) in [5, 5.41) is 5.15. The molecule has 3 aromatic rings. The van der Waals surface area contributed by atoms with E-state index in [0.717, 1.165) is 22.6 Å². The standard InChI is InChI=1S/C20H17FN2O3S2/c21-14-4-2-13(3-5-14)16-11-28-20(22-16)23-19(24)12-27-15-6-7-17-18(10-15)26-9-1-8-25-17/h2-7,10-11H,1,8-9,12H2,(H,22,23,24). The fourth-order valence-electron chi connectivity index (χ4n) is 2.62. The van der Waals surface area contributed by atoms with Crippen LogP contribution in [0.1, 0.15) is 6.42 Å². The lowest BCUT2D eigenvalue weighted by Gasteiger charge is -2.09. The third-order valence-corrected chi connectivity index (χ3v) is 5.73. The predicted molar refractivity (Wildman–Crippen MR) is 109 cm³/mol. The van der Waals surface area contributed by atoms with Crippen molar-refractivity contribution in [1.82, 2.24) is 4.98 Å². The molecule has 0 unspecified atom stereocenters. The topological polar surface area (TPSA) is 60.5 Å². The number of ether oxygens (including phenoxy) is 2. The summed E-state index contributed by atoms with van der Waals surface area (Å²) in [5.41, 5.74) is 1.51. The van der Waals surface area contributed by atoms with Crippen molar-refractivity contribution in [3.05, 3.63) is 53.7 Å². The molecule has 0 saturated carbocycles. The predicted octanol–water partition coefficient (Wildman–Crippen LogP) is 4.84. The summed E-state index contributed by atoms with van der Waals surface area (Å²) in [6.07, 6.45) is 0.854. The van der Waals surface area contributed by atoms with E-state index in [-0.39, 0.29) is 17.5 Å². The molecular weight excluding hydrogens is 399 g/mol. The van der Waals surface area contributed by atoms with E-state index in [9.17, 15) is 9.18 Å². The number of thiazole rings is 1. The number of carbonyl (C=O) groups is 1. The molecule has 2 heterocycles. The molecule has 144 valence electrons. The van der Waals surface area contributed by atoms with Gasteiger partial charge in [-0.1, -0.05) is 0 Å². The maximum absolute atomic E-state index is 13.0. The summed E-state index contributed by atoms with van der Waals surface area (Å²) >= 11 is 2.76. The number of halogens is 1. The van der Waals surface area contributed by atoms with E-state index in [2.05, 4.69) is 10.3 Å². The van der Waals surface area contributed by atoms with Crippen molar-refractivity contribution in [2.24, 2.45) is 0 Å². The lowest BCUT2D eigenvalue weighted by atomic mass is 10.2. The molecular formula is C20H17FN2O3S2. The molecule has 1 N–H and O–H groups in total. The van der Waals surface area contributed by atoms with Crippen LogP contribution in [0.5, 0.6) is 11.5 Å². The third kappa shape index (κ3) is 4.63. The third-order valence-electron chi connectivity index (χ3n) is 3.98. The number of anilines is 1. The fraction of sp³-hybridized carbons (Fsp3) is 0.200. The van der Waals surface area contributed by atoms with E-state index in [0.29, 0.717) is 29.8 Å². The minimum Gasteiger partial charge on any atom is -0.490 e. The number of aromatic nitrogens is 1. The van der Waals surface area contributed by atoms with E-state index in [1.165, 1.54) is 35.2 Å². The van der Waals surface area contributed by atoms with Crippen molar-refractivity contribution in [3.63, 3.8) is 0 Å². The highest BCUT2D eigenvalue weighted by Crippen LogP contribution is 2.34. The van der Waals surface area contributed by atoms with Crippen LogP contribution < -0.4 is 14.8 Å². The van der Waals surface area contributed by atoms with Crippen LogP contribution in [0, 0.1) is 5.82 Å². The molecule has 0 fully saturated rings. The number of amides is 1. The highest BCUT2D eigenvalue weighted by molar-refractivity contribution is 8.00. The van der Waals surface area contributed by atoms with Crippen molar-refractivity contribution in [2.75, 3.05) is 24.3 Å². The molecule has 1 aliphatic heterocycles. The minimum absolute atomic E-state index is 0.142. The van der Waals surface area contributed by atoms with Gasteiger partial charge in [0.05, 0.1) is 24.7 Å². The molecule has 1 aromatic heterocycles. The quantitative estimate of drug-likeness (QED) is 0.603.